The third-order valence-electron chi connectivity index (χ3n) is 3.39. The Balaban J connectivity index is 1.65. The molecule has 0 saturated carbocycles. The van der Waals surface area contributed by atoms with Crippen molar-refractivity contribution < 1.29 is 13.9 Å². The van der Waals surface area contributed by atoms with Crippen LogP contribution in [0.3, 0.4) is 0 Å². The van der Waals surface area contributed by atoms with Crippen LogP contribution in [0.5, 0.6) is 11.5 Å². The summed E-state index contributed by atoms with van der Waals surface area (Å²) in [4.78, 5) is 11.9. The fourth-order valence-corrected chi connectivity index (χ4v) is 2.34. The Morgan fingerprint density at radius 3 is 2.64 bits per heavy atom. The second-order valence-corrected chi connectivity index (χ2v) is 5.64. The van der Waals surface area contributed by atoms with Crippen molar-refractivity contribution in [2.75, 3.05) is 0 Å². The molecule has 0 aliphatic carbocycles. The fraction of sp³-hybridized carbons (Fsp3) is 0.0526. The number of hydrazone groups is 1. The van der Waals surface area contributed by atoms with Gasteiger partial charge in [0.05, 0.1) is 17.5 Å². The summed E-state index contributed by atoms with van der Waals surface area (Å²) in [6.07, 6.45) is 2.92. The second kappa shape index (κ2) is 7.68. The topological polar surface area (TPSA) is 63.8 Å². The fourth-order valence-electron chi connectivity index (χ4n) is 2.12. The molecule has 0 aliphatic rings. The number of rotatable bonds is 5. The maximum absolute atomic E-state index is 11.9. The van der Waals surface area contributed by atoms with Crippen LogP contribution in [0.1, 0.15) is 21.7 Å². The van der Waals surface area contributed by atoms with Crippen LogP contribution in [0.15, 0.2) is 70.4 Å². The molecule has 25 heavy (non-hydrogen) atoms. The molecule has 3 rings (SSSR count). The van der Waals surface area contributed by atoms with Crippen LogP contribution in [0.2, 0.25) is 5.02 Å². The number of hydrogen-bond donors (Lipinski definition) is 1. The first-order chi connectivity index (χ1) is 12.1. The Hall–Kier alpha value is -3.05. The minimum Gasteiger partial charge on any atom is -0.459 e. The minimum absolute atomic E-state index is 0.231. The summed E-state index contributed by atoms with van der Waals surface area (Å²) in [6.45, 7) is 1.78. The number of nitrogens with zero attached hydrogens (tertiary/aromatic N) is 1. The molecule has 1 N–H and O–H groups in total. The van der Waals surface area contributed by atoms with Crippen molar-refractivity contribution in [1.29, 1.82) is 0 Å². The molecule has 1 heterocycles. The van der Waals surface area contributed by atoms with Crippen LogP contribution in [0.25, 0.3) is 0 Å². The lowest BCUT2D eigenvalue weighted by Gasteiger charge is -2.07. The van der Waals surface area contributed by atoms with Gasteiger partial charge in [-0.3, -0.25) is 4.79 Å². The van der Waals surface area contributed by atoms with Gasteiger partial charge in [-0.2, -0.15) is 5.10 Å². The van der Waals surface area contributed by atoms with Gasteiger partial charge in [-0.25, -0.2) is 5.43 Å². The standard InChI is InChI=1S/C19H15ClN2O3/c1-13-9-10-24-18(13)19(23)22-21-12-14-7-8-16(11-17(14)20)25-15-5-3-2-4-6-15/h2-12H,1H3,(H,22,23). The van der Waals surface area contributed by atoms with Gasteiger partial charge in [-0.15, -0.1) is 0 Å². The van der Waals surface area contributed by atoms with E-state index in [-0.39, 0.29) is 5.76 Å². The molecule has 0 fully saturated rings. The predicted octanol–water partition coefficient (Wildman–Crippen LogP) is 4.80. The van der Waals surface area contributed by atoms with E-state index in [1.165, 1.54) is 12.5 Å². The normalized spacial score (nSPS) is 10.8. The van der Waals surface area contributed by atoms with Crippen molar-refractivity contribution in [3.8, 4) is 11.5 Å². The van der Waals surface area contributed by atoms with E-state index in [0.717, 1.165) is 11.3 Å². The van der Waals surface area contributed by atoms with Crippen molar-refractivity contribution in [3.05, 3.63) is 82.8 Å². The number of nitrogens with one attached hydrogen (secondary N) is 1. The molecular formula is C19H15ClN2O3. The van der Waals surface area contributed by atoms with E-state index in [2.05, 4.69) is 10.5 Å². The van der Waals surface area contributed by atoms with Crippen molar-refractivity contribution in [3.63, 3.8) is 0 Å². The van der Waals surface area contributed by atoms with Crippen molar-refractivity contribution in [2.24, 2.45) is 5.10 Å². The minimum atomic E-state index is -0.418. The smallest absolute Gasteiger partial charge is 0.307 e. The van der Waals surface area contributed by atoms with Gasteiger partial charge >= 0.3 is 5.91 Å². The zero-order valence-corrected chi connectivity index (χ0v) is 14.2. The van der Waals surface area contributed by atoms with Crippen LogP contribution in [0.4, 0.5) is 0 Å². The van der Waals surface area contributed by atoms with Gasteiger partial charge in [-0.1, -0.05) is 29.8 Å². The van der Waals surface area contributed by atoms with Gasteiger partial charge in [0.25, 0.3) is 0 Å². The predicted molar refractivity (Wildman–Crippen MR) is 96.5 cm³/mol. The van der Waals surface area contributed by atoms with E-state index in [1.807, 2.05) is 30.3 Å². The van der Waals surface area contributed by atoms with E-state index >= 15 is 0 Å². The number of amides is 1. The summed E-state index contributed by atoms with van der Waals surface area (Å²) in [5, 5.41) is 4.36. The Labute approximate surface area is 149 Å². The zero-order valence-electron chi connectivity index (χ0n) is 13.4. The number of hydrogen-bond acceptors (Lipinski definition) is 4. The average molecular weight is 355 g/mol. The molecule has 1 amide bonds. The summed E-state index contributed by atoms with van der Waals surface area (Å²) in [5.74, 6) is 1.15. The van der Waals surface area contributed by atoms with Crippen LogP contribution in [-0.2, 0) is 0 Å². The largest absolute Gasteiger partial charge is 0.459 e. The monoisotopic (exact) mass is 354 g/mol. The molecule has 0 aliphatic heterocycles. The number of aryl methyl sites for hydroxylation is 1. The van der Waals surface area contributed by atoms with Crippen molar-refractivity contribution in [2.45, 2.75) is 6.92 Å². The lowest BCUT2D eigenvalue weighted by molar-refractivity contribution is 0.0926. The number of carbonyl (C=O) groups is 1. The number of furan rings is 1. The van der Waals surface area contributed by atoms with Crippen molar-refractivity contribution in [1.82, 2.24) is 5.43 Å². The Morgan fingerprint density at radius 1 is 1.16 bits per heavy atom. The third-order valence-corrected chi connectivity index (χ3v) is 3.72. The second-order valence-electron chi connectivity index (χ2n) is 5.23. The lowest BCUT2D eigenvalue weighted by Crippen LogP contribution is -2.17. The Morgan fingerprint density at radius 2 is 1.96 bits per heavy atom. The molecule has 126 valence electrons. The SMILES string of the molecule is Cc1ccoc1C(=O)NN=Cc1ccc(Oc2ccccc2)cc1Cl. The number of para-hydroxylation sites is 1. The highest BCUT2D eigenvalue weighted by molar-refractivity contribution is 6.33. The Kier molecular flexibility index (Phi) is 5.16. The summed E-state index contributed by atoms with van der Waals surface area (Å²) in [5.41, 5.74) is 3.80. The molecule has 0 radical (unpaired) electrons. The van der Waals surface area contributed by atoms with Crippen LogP contribution < -0.4 is 10.2 Å². The number of carbonyl (C=O) groups excluding carboxylic acids is 1. The highest BCUT2D eigenvalue weighted by atomic mass is 35.5. The van der Waals surface area contributed by atoms with Gasteiger partial charge in [0, 0.05) is 17.2 Å². The molecule has 3 aromatic rings. The molecule has 2 aromatic carbocycles. The van der Waals surface area contributed by atoms with Crippen molar-refractivity contribution >= 4 is 23.7 Å². The number of halogens is 1. The summed E-state index contributed by atoms with van der Waals surface area (Å²) < 4.78 is 10.8. The molecule has 0 saturated heterocycles. The number of benzene rings is 2. The first-order valence-corrected chi connectivity index (χ1v) is 7.91. The molecule has 0 spiro atoms. The third kappa shape index (κ3) is 4.28. The Bertz CT molecular complexity index is 904. The first kappa shape index (κ1) is 16.8. The molecule has 6 heteroatoms. The average Bonchev–Trinajstić information content (AvgIpc) is 3.04. The van der Waals surface area contributed by atoms with E-state index in [0.29, 0.717) is 16.3 Å². The summed E-state index contributed by atoms with van der Waals surface area (Å²) >= 11 is 6.23. The molecule has 0 unspecified atom stereocenters. The lowest BCUT2D eigenvalue weighted by atomic mass is 10.2. The molecular weight excluding hydrogens is 340 g/mol. The first-order valence-electron chi connectivity index (χ1n) is 7.53. The van der Waals surface area contributed by atoms with Gasteiger partial charge in [0.1, 0.15) is 11.5 Å². The van der Waals surface area contributed by atoms with Gasteiger partial charge in [-0.05, 0) is 37.3 Å². The van der Waals surface area contributed by atoms with Crippen LogP contribution >= 0.6 is 11.6 Å². The zero-order chi connectivity index (χ0) is 17.6. The van der Waals surface area contributed by atoms with Gasteiger partial charge in [0.2, 0.25) is 0 Å². The maximum atomic E-state index is 11.9. The highest BCUT2D eigenvalue weighted by Crippen LogP contribution is 2.26. The van der Waals surface area contributed by atoms with Gasteiger partial charge in [0.15, 0.2) is 5.76 Å². The van der Waals surface area contributed by atoms with Gasteiger partial charge < -0.3 is 9.15 Å². The highest BCUT2D eigenvalue weighted by Gasteiger charge is 2.11. The quantitative estimate of drug-likeness (QED) is 0.529. The molecule has 1 aromatic heterocycles. The molecule has 0 bridgehead atoms. The van der Waals surface area contributed by atoms with E-state index in [4.69, 9.17) is 20.8 Å². The maximum Gasteiger partial charge on any atom is 0.307 e. The molecule has 5 nitrogen and oxygen atoms in total. The van der Waals surface area contributed by atoms with E-state index < -0.39 is 5.91 Å². The van der Waals surface area contributed by atoms with E-state index in [1.54, 1.807) is 31.2 Å². The van der Waals surface area contributed by atoms with Crippen LogP contribution in [-0.4, -0.2) is 12.1 Å². The molecule has 0 atom stereocenters. The summed E-state index contributed by atoms with van der Waals surface area (Å²) in [7, 11) is 0. The summed E-state index contributed by atoms with van der Waals surface area (Å²) in [6, 6.07) is 16.3. The van der Waals surface area contributed by atoms with E-state index in [9.17, 15) is 4.79 Å². The van der Waals surface area contributed by atoms with Crippen LogP contribution in [0, 0.1) is 6.92 Å². The number of ether oxygens (including phenoxy) is 1.